The molecule has 0 fully saturated rings. The molecule has 0 heterocycles. The normalized spacial score (nSPS) is 11.5. The maximum absolute atomic E-state index is 13.4. The van der Waals surface area contributed by atoms with Crippen molar-refractivity contribution in [1.29, 1.82) is 0 Å². The van der Waals surface area contributed by atoms with Crippen LogP contribution in [-0.2, 0) is 4.79 Å². The highest BCUT2D eigenvalue weighted by atomic mass is 19.1. The molecule has 1 atom stereocenters. The van der Waals surface area contributed by atoms with Gasteiger partial charge in [0.15, 0.2) is 11.6 Å². The summed E-state index contributed by atoms with van der Waals surface area (Å²) < 4.78 is 18.9. The molecule has 0 bridgehead atoms. The van der Waals surface area contributed by atoms with Crippen molar-refractivity contribution in [2.75, 3.05) is 13.1 Å². The molecule has 2 amide bonds. The van der Waals surface area contributed by atoms with Crippen LogP contribution in [0.4, 0.5) is 9.18 Å². The molecule has 1 rings (SSSR count). The summed E-state index contributed by atoms with van der Waals surface area (Å²) in [7, 11) is 0. The molecule has 0 saturated heterocycles. The molecule has 6 nitrogen and oxygen atoms in total. The number of para-hydroxylation sites is 1. The number of carboxylic acids is 1. The molecule has 0 saturated carbocycles. The molecule has 116 valence electrons. The predicted octanol–water partition coefficient (Wildman–Crippen LogP) is 1.76. The largest absolute Gasteiger partial charge is 0.486 e. The van der Waals surface area contributed by atoms with Gasteiger partial charge in [-0.3, -0.25) is 4.79 Å². The van der Waals surface area contributed by atoms with Crippen molar-refractivity contribution in [3.8, 4) is 5.75 Å². The van der Waals surface area contributed by atoms with Gasteiger partial charge in [-0.1, -0.05) is 19.1 Å². The number of benzene rings is 1. The van der Waals surface area contributed by atoms with Crippen LogP contribution in [0.2, 0.25) is 0 Å². The van der Waals surface area contributed by atoms with Gasteiger partial charge in [0.05, 0.1) is 13.0 Å². The summed E-state index contributed by atoms with van der Waals surface area (Å²) in [6.45, 7) is 2.10. The van der Waals surface area contributed by atoms with Crippen LogP contribution < -0.4 is 15.4 Å². The average Bonchev–Trinajstić information content (AvgIpc) is 2.45. The standard InChI is InChI=1S/C14H19FN2O4/c1-2-10(21-12-6-4-3-5-11(12)15)9-17-14(20)16-8-7-13(18)19/h3-6,10H,2,7-9H2,1H3,(H,18,19)(H2,16,17,20). The second-order valence-electron chi connectivity index (χ2n) is 4.36. The van der Waals surface area contributed by atoms with Crippen LogP contribution in [0.5, 0.6) is 5.75 Å². The third kappa shape index (κ3) is 6.60. The van der Waals surface area contributed by atoms with E-state index in [1.807, 2.05) is 6.92 Å². The Morgan fingerprint density at radius 2 is 2.05 bits per heavy atom. The minimum Gasteiger partial charge on any atom is -0.486 e. The van der Waals surface area contributed by atoms with Gasteiger partial charge in [-0.05, 0) is 18.6 Å². The number of nitrogens with one attached hydrogen (secondary N) is 2. The fourth-order valence-electron chi connectivity index (χ4n) is 1.54. The second kappa shape index (κ2) is 8.78. The van der Waals surface area contributed by atoms with E-state index in [9.17, 15) is 14.0 Å². The minimum atomic E-state index is -0.982. The van der Waals surface area contributed by atoms with E-state index in [0.717, 1.165) is 0 Å². The highest BCUT2D eigenvalue weighted by molar-refractivity contribution is 5.74. The van der Waals surface area contributed by atoms with Crippen molar-refractivity contribution >= 4 is 12.0 Å². The van der Waals surface area contributed by atoms with Gasteiger partial charge >= 0.3 is 12.0 Å². The number of amides is 2. The van der Waals surface area contributed by atoms with Crippen LogP contribution in [0.3, 0.4) is 0 Å². The maximum Gasteiger partial charge on any atom is 0.314 e. The SMILES string of the molecule is CCC(CNC(=O)NCCC(=O)O)Oc1ccccc1F. The highest BCUT2D eigenvalue weighted by Crippen LogP contribution is 2.17. The summed E-state index contributed by atoms with van der Waals surface area (Å²) in [6.07, 6.45) is 0.0761. The van der Waals surface area contributed by atoms with E-state index in [2.05, 4.69) is 10.6 Å². The second-order valence-corrected chi connectivity index (χ2v) is 4.36. The van der Waals surface area contributed by atoms with E-state index in [4.69, 9.17) is 9.84 Å². The molecule has 0 aliphatic heterocycles. The van der Waals surface area contributed by atoms with Crippen molar-refractivity contribution in [1.82, 2.24) is 10.6 Å². The fourth-order valence-corrected chi connectivity index (χ4v) is 1.54. The number of ether oxygens (including phenoxy) is 1. The van der Waals surface area contributed by atoms with E-state index < -0.39 is 17.8 Å². The van der Waals surface area contributed by atoms with E-state index in [-0.39, 0.29) is 31.4 Å². The van der Waals surface area contributed by atoms with Gasteiger partial charge in [0.1, 0.15) is 6.10 Å². The Labute approximate surface area is 122 Å². The van der Waals surface area contributed by atoms with E-state index in [0.29, 0.717) is 6.42 Å². The van der Waals surface area contributed by atoms with Gasteiger partial charge in [-0.25, -0.2) is 9.18 Å². The number of urea groups is 1. The first kappa shape index (κ1) is 16.7. The van der Waals surface area contributed by atoms with Gasteiger partial charge in [-0.15, -0.1) is 0 Å². The smallest absolute Gasteiger partial charge is 0.314 e. The molecule has 0 radical (unpaired) electrons. The van der Waals surface area contributed by atoms with Gasteiger partial charge in [-0.2, -0.15) is 0 Å². The summed E-state index contributed by atoms with van der Waals surface area (Å²) >= 11 is 0. The molecule has 21 heavy (non-hydrogen) atoms. The number of carbonyl (C=O) groups is 2. The Morgan fingerprint density at radius 1 is 1.33 bits per heavy atom. The quantitative estimate of drug-likeness (QED) is 0.682. The summed E-state index contributed by atoms with van der Waals surface area (Å²) in [4.78, 5) is 21.7. The molecule has 1 aromatic carbocycles. The van der Waals surface area contributed by atoms with E-state index >= 15 is 0 Å². The number of hydrogen-bond donors (Lipinski definition) is 3. The number of aliphatic carboxylic acids is 1. The maximum atomic E-state index is 13.4. The van der Waals surface area contributed by atoms with Gasteiger partial charge in [0, 0.05) is 6.54 Å². The number of hydrogen-bond acceptors (Lipinski definition) is 3. The Morgan fingerprint density at radius 3 is 2.67 bits per heavy atom. The Bertz CT molecular complexity index is 482. The zero-order chi connectivity index (χ0) is 15.7. The molecule has 7 heteroatoms. The predicted molar refractivity (Wildman–Crippen MR) is 74.8 cm³/mol. The molecule has 0 aliphatic carbocycles. The molecule has 1 aromatic rings. The lowest BCUT2D eigenvalue weighted by molar-refractivity contribution is -0.136. The van der Waals surface area contributed by atoms with E-state index in [1.165, 1.54) is 12.1 Å². The zero-order valence-corrected chi connectivity index (χ0v) is 11.8. The van der Waals surface area contributed by atoms with Gasteiger partial charge < -0.3 is 20.5 Å². The lowest BCUT2D eigenvalue weighted by atomic mass is 10.2. The number of halogens is 1. The Balaban J connectivity index is 2.36. The first-order valence-electron chi connectivity index (χ1n) is 6.67. The first-order valence-corrected chi connectivity index (χ1v) is 6.67. The Kier molecular flexibility index (Phi) is 7.00. The zero-order valence-electron chi connectivity index (χ0n) is 11.8. The average molecular weight is 298 g/mol. The van der Waals surface area contributed by atoms with Crippen LogP contribution in [-0.4, -0.2) is 36.3 Å². The lowest BCUT2D eigenvalue weighted by Gasteiger charge is -2.18. The van der Waals surface area contributed by atoms with Gasteiger partial charge in [0.2, 0.25) is 0 Å². The van der Waals surface area contributed by atoms with Crippen molar-refractivity contribution in [3.63, 3.8) is 0 Å². The van der Waals surface area contributed by atoms with Crippen molar-refractivity contribution < 1.29 is 23.8 Å². The van der Waals surface area contributed by atoms with Crippen LogP contribution in [0.15, 0.2) is 24.3 Å². The van der Waals surface area contributed by atoms with Crippen LogP contribution in [0.25, 0.3) is 0 Å². The molecule has 1 unspecified atom stereocenters. The molecule has 0 spiro atoms. The lowest BCUT2D eigenvalue weighted by Crippen LogP contribution is -2.41. The summed E-state index contributed by atoms with van der Waals surface area (Å²) in [5, 5.41) is 13.4. The van der Waals surface area contributed by atoms with Crippen molar-refractivity contribution in [2.45, 2.75) is 25.9 Å². The molecule has 0 aliphatic rings. The molecular weight excluding hydrogens is 279 g/mol. The highest BCUT2D eigenvalue weighted by Gasteiger charge is 2.12. The van der Waals surface area contributed by atoms with Crippen molar-refractivity contribution in [3.05, 3.63) is 30.1 Å². The molecule has 3 N–H and O–H groups in total. The monoisotopic (exact) mass is 298 g/mol. The minimum absolute atomic E-state index is 0.0477. The first-order chi connectivity index (χ1) is 10.0. The van der Waals surface area contributed by atoms with Crippen molar-refractivity contribution in [2.24, 2.45) is 0 Å². The summed E-state index contributed by atoms with van der Waals surface area (Å²) in [6, 6.07) is 5.57. The summed E-state index contributed by atoms with van der Waals surface area (Å²) in [5.74, 6) is -1.30. The number of rotatable bonds is 8. The number of carbonyl (C=O) groups excluding carboxylic acids is 1. The molecule has 0 aromatic heterocycles. The van der Waals surface area contributed by atoms with Crippen LogP contribution in [0.1, 0.15) is 19.8 Å². The van der Waals surface area contributed by atoms with E-state index in [1.54, 1.807) is 12.1 Å². The fraction of sp³-hybridized carbons (Fsp3) is 0.429. The van der Waals surface area contributed by atoms with Gasteiger partial charge in [0.25, 0.3) is 0 Å². The topological polar surface area (TPSA) is 87.7 Å². The Hall–Kier alpha value is -2.31. The third-order valence-electron chi connectivity index (χ3n) is 2.70. The summed E-state index contributed by atoms with van der Waals surface area (Å²) in [5.41, 5.74) is 0. The third-order valence-corrected chi connectivity index (χ3v) is 2.70. The molecular formula is C14H19FN2O4. The van der Waals surface area contributed by atoms with Crippen LogP contribution in [0, 0.1) is 5.82 Å². The van der Waals surface area contributed by atoms with Crippen LogP contribution >= 0.6 is 0 Å². The number of carboxylic acid groups (broad SMARTS) is 1.